The molecule has 3 aromatic rings. The summed E-state index contributed by atoms with van der Waals surface area (Å²) in [6.07, 6.45) is 5.25. The molecular formula is C12H11N5O2. The van der Waals surface area contributed by atoms with Crippen molar-refractivity contribution in [3.63, 3.8) is 0 Å². The van der Waals surface area contributed by atoms with E-state index < -0.39 is 5.97 Å². The lowest BCUT2D eigenvalue weighted by Gasteiger charge is -2.05. The quantitative estimate of drug-likeness (QED) is 0.754. The summed E-state index contributed by atoms with van der Waals surface area (Å²) in [7, 11) is 0. The number of rotatable bonds is 4. The molecule has 2 aromatic heterocycles. The lowest BCUT2D eigenvalue weighted by Crippen LogP contribution is -2.09. The molecule has 0 aliphatic rings. The zero-order valence-electron chi connectivity index (χ0n) is 9.97. The summed E-state index contributed by atoms with van der Waals surface area (Å²) in [6.45, 7) is 1.20. The van der Waals surface area contributed by atoms with Crippen LogP contribution in [-0.4, -0.2) is 35.6 Å². The Kier molecular flexibility index (Phi) is 2.71. The third-order valence-electron chi connectivity index (χ3n) is 2.89. The third kappa shape index (κ3) is 2.05. The standard InChI is InChI=1S/C12H11N5O2/c18-12(19)9-2-1-3-10-11(9)17(15-14-10)7-6-16-5-4-13-8-16/h1-5,8H,6-7H2,(H,18,19). The first-order chi connectivity index (χ1) is 9.25. The van der Waals surface area contributed by atoms with Crippen LogP contribution < -0.4 is 0 Å². The molecule has 0 amide bonds. The van der Waals surface area contributed by atoms with Crippen molar-refractivity contribution in [3.8, 4) is 0 Å². The van der Waals surface area contributed by atoms with Crippen LogP contribution in [0.3, 0.4) is 0 Å². The summed E-state index contributed by atoms with van der Waals surface area (Å²) in [5.41, 5.74) is 1.36. The van der Waals surface area contributed by atoms with Gasteiger partial charge in [0.05, 0.1) is 18.4 Å². The first-order valence-corrected chi connectivity index (χ1v) is 5.77. The van der Waals surface area contributed by atoms with Crippen LogP contribution in [0.15, 0.2) is 36.9 Å². The van der Waals surface area contributed by atoms with Crippen LogP contribution in [0.1, 0.15) is 10.4 Å². The van der Waals surface area contributed by atoms with Crippen molar-refractivity contribution in [3.05, 3.63) is 42.5 Å². The predicted molar refractivity (Wildman–Crippen MR) is 66.7 cm³/mol. The second-order valence-corrected chi connectivity index (χ2v) is 4.09. The first-order valence-electron chi connectivity index (χ1n) is 5.77. The Balaban J connectivity index is 1.97. The Morgan fingerprint density at radius 3 is 2.95 bits per heavy atom. The van der Waals surface area contributed by atoms with Gasteiger partial charge in [-0.3, -0.25) is 0 Å². The molecule has 96 valence electrons. The van der Waals surface area contributed by atoms with Gasteiger partial charge in [-0.25, -0.2) is 14.5 Å². The van der Waals surface area contributed by atoms with Gasteiger partial charge in [0.2, 0.25) is 0 Å². The number of aromatic nitrogens is 5. The van der Waals surface area contributed by atoms with Crippen LogP contribution in [0.5, 0.6) is 0 Å². The molecule has 0 saturated carbocycles. The number of carboxylic acids is 1. The Hall–Kier alpha value is -2.70. The summed E-state index contributed by atoms with van der Waals surface area (Å²) >= 11 is 0. The molecule has 0 bridgehead atoms. The summed E-state index contributed by atoms with van der Waals surface area (Å²) < 4.78 is 3.51. The highest BCUT2D eigenvalue weighted by atomic mass is 16.4. The lowest BCUT2D eigenvalue weighted by molar-refractivity contribution is 0.0698. The van der Waals surface area contributed by atoms with Crippen molar-refractivity contribution in [2.45, 2.75) is 13.1 Å². The summed E-state index contributed by atoms with van der Waals surface area (Å²) in [5.74, 6) is -0.975. The molecule has 0 aliphatic heterocycles. The van der Waals surface area contributed by atoms with Crippen LogP contribution in [0.25, 0.3) is 11.0 Å². The van der Waals surface area contributed by atoms with Gasteiger partial charge in [-0.1, -0.05) is 11.3 Å². The molecule has 0 atom stereocenters. The zero-order chi connectivity index (χ0) is 13.2. The van der Waals surface area contributed by atoms with Crippen molar-refractivity contribution in [2.75, 3.05) is 0 Å². The molecule has 0 aliphatic carbocycles. The number of fused-ring (bicyclic) bond motifs is 1. The SMILES string of the molecule is O=C(O)c1cccc2nnn(CCn3ccnc3)c12. The molecule has 0 radical (unpaired) electrons. The molecule has 19 heavy (non-hydrogen) atoms. The minimum Gasteiger partial charge on any atom is -0.478 e. The molecule has 7 heteroatoms. The van der Waals surface area contributed by atoms with Gasteiger partial charge < -0.3 is 9.67 Å². The predicted octanol–water partition coefficient (Wildman–Crippen LogP) is 1.03. The van der Waals surface area contributed by atoms with E-state index in [1.807, 2.05) is 10.8 Å². The van der Waals surface area contributed by atoms with E-state index in [0.717, 1.165) is 0 Å². The van der Waals surface area contributed by atoms with Crippen LogP contribution >= 0.6 is 0 Å². The Morgan fingerprint density at radius 2 is 2.21 bits per heavy atom. The number of hydrogen-bond donors (Lipinski definition) is 1. The fourth-order valence-electron chi connectivity index (χ4n) is 1.99. The molecule has 0 unspecified atom stereocenters. The fourth-order valence-corrected chi connectivity index (χ4v) is 1.99. The minimum atomic E-state index is -0.975. The molecule has 1 aromatic carbocycles. The van der Waals surface area contributed by atoms with Crippen molar-refractivity contribution in [1.29, 1.82) is 0 Å². The van der Waals surface area contributed by atoms with Gasteiger partial charge in [0.15, 0.2) is 0 Å². The average molecular weight is 257 g/mol. The highest BCUT2D eigenvalue weighted by molar-refractivity contribution is 6.00. The van der Waals surface area contributed by atoms with Crippen molar-refractivity contribution in [2.24, 2.45) is 0 Å². The average Bonchev–Trinajstić information content (AvgIpc) is 3.05. The molecule has 0 spiro atoms. The van der Waals surface area contributed by atoms with E-state index in [1.165, 1.54) is 0 Å². The highest BCUT2D eigenvalue weighted by Gasteiger charge is 2.14. The van der Waals surface area contributed by atoms with Crippen LogP contribution in [0, 0.1) is 0 Å². The van der Waals surface area contributed by atoms with E-state index in [-0.39, 0.29) is 5.56 Å². The fraction of sp³-hybridized carbons (Fsp3) is 0.167. The Morgan fingerprint density at radius 1 is 1.32 bits per heavy atom. The number of hydrogen-bond acceptors (Lipinski definition) is 4. The third-order valence-corrected chi connectivity index (χ3v) is 2.89. The molecule has 0 saturated heterocycles. The van der Waals surface area contributed by atoms with Crippen LogP contribution in [0.4, 0.5) is 0 Å². The topological polar surface area (TPSA) is 85.8 Å². The van der Waals surface area contributed by atoms with E-state index in [1.54, 1.807) is 35.4 Å². The highest BCUT2D eigenvalue weighted by Crippen LogP contribution is 2.16. The number of nitrogens with zero attached hydrogens (tertiary/aromatic N) is 5. The van der Waals surface area contributed by atoms with Gasteiger partial charge >= 0.3 is 5.97 Å². The van der Waals surface area contributed by atoms with E-state index in [4.69, 9.17) is 0 Å². The Labute approximate surface area is 108 Å². The number of aryl methyl sites for hydroxylation is 2. The molecule has 2 heterocycles. The Bertz CT molecular complexity index is 717. The summed E-state index contributed by atoms with van der Waals surface area (Å²) in [6, 6.07) is 4.98. The van der Waals surface area contributed by atoms with Gasteiger partial charge in [0.25, 0.3) is 0 Å². The second kappa shape index (κ2) is 4.52. The van der Waals surface area contributed by atoms with Gasteiger partial charge in [0, 0.05) is 18.9 Å². The summed E-state index contributed by atoms with van der Waals surface area (Å²) in [4.78, 5) is 15.2. The van der Waals surface area contributed by atoms with E-state index in [9.17, 15) is 9.90 Å². The monoisotopic (exact) mass is 257 g/mol. The normalized spacial score (nSPS) is 10.9. The number of carbonyl (C=O) groups is 1. The van der Waals surface area contributed by atoms with E-state index in [0.29, 0.717) is 24.1 Å². The molecular weight excluding hydrogens is 246 g/mol. The number of para-hydroxylation sites is 1. The van der Waals surface area contributed by atoms with Crippen molar-refractivity contribution < 1.29 is 9.90 Å². The summed E-state index contributed by atoms with van der Waals surface area (Å²) in [5, 5.41) is 17.2. The maximum atomic E-state index is 11.2. The van der Waals surface area contributed by atoms with Gasteiger partial charge in [0.1, 0.15) is 11.0 Å². The van der Waals surface area contributed by atoms with Gasteiger partial charge in [-0.15, -0.1) is 5.10 Å². The van der Waals surface area contributed by atoms with Crippen LogP contribution in [-0.2, 0) is 13.1 Å². The molecule has 0 fully saturated rings. The first kappa shape index (κ1) is 11.4. The van der Waals surface area contributed by atoms with Crippen molar-refractivity contribution in [1.82, 2.24) is 24.5 Å². The van der Waals surface area contributed by atoms with Gasteiger partial charge in [-0.2, -0.15) is 0 Å². The van der Waals surface area contributed by atoms with Gasteiger partial charge in [-0.05, 0) is 12.1 Å². The maximum absolute atomic E-state index is 11.2. The van der Waals surface area contributed by atoms with Crippen molar-refractivity contribution >= 4 is 17.0 Å². The minimum absolute atomic E-state index is 0.216. The number of benzene rings is 1. The molecule has 3 rings (SSSR count). The number of carboxylic acid groups (broad SMARTS) is 1. The number of imidazole rings is 1. The smallest absolute Gasteiger partial charge is 0.337 e. The van der Waals surface area contributed by atoms with E-state index >= 15 is 0 Å². The number of aromatic carboxylic acids is 1. The lowest BCUT2D eigenvalue weighted by atomic mass is 10.2. The van der Waals surface area contributed by atoms with E-state index in [2.05, 4.69) is 15.3 Å². The second-order valence-electron chi connectivity index (χ2n) is 4.09. The molecule has 1 N–H and O–H groups in total. The maximum Gasteiger partial charge on any atom is 0.337 e. The zero-order valence-corrected chi connectivity index (χ0v) is 9.97. The molecule has 7 nitrogen and oxygen atoms in total. The largest absolute Gasteiger partial charge is 0.478 e. The van der Waals surface area contributed by atoms with Crippen LogP contribution in [0.2, 0.25) is 0 Å².